The molecule has 1 aliphatic heterocycles. The van der Waals surface area contributed by atoms with Gasteiger partial charge in [0.2, 0.25) is 5.91 Å². The van der Waals surface area contributed by atoms with Crippen LogP contribution < -0.4 is 5.56 Å². The molecule has 1 saturated carbocycles. The Balaban J connectivity index is 1.48. The maximum absolute atomic E-state index is 12.2. The highest BCUT2D eigenvalue weighted by Gasteiger charge is 2.26. The van der Waals surface area contributed by atoms with Crippen LogP contribution in [0.5, 0.6) is 0 Å². The van der Waals surface area contributed by atoms with Crippen molar-refractivity contribution in [2.45, 2.75) is 38.5 Å². The predicted molar refractivity (Wildman–Crippen MR) is 88.2 cm³/mol. The minimum Gasteiger partial charge on any atom is -0.342 e. The van der Waals surface area contributed by atoms with Crippen molar-refractivity contribution < 1.29 is 4.79 Å². The van der Waals surface area contributed by atoms with Gasteiger partial charge in [-0.25, -0.2) is 4.98 Å². The fraction of sp³-hybridized carbons (Fsp3) is 0.688. The predicted octanol–water partition coefficient (Wildman–Crippen LogP) is 1.93. The molecular weight excluding hydrogens is 298 g/mol. The maximum atomic E-state index is 12.2. The number of likely N-dealkylation sites (tertiary alicyclic amines) is 1. The Morgan fingerprint density at radius 3 is 2.73 bits per heavy atom. The molecule has 0 bridgehead atoms. The lowest BCUT2D eigenvalue weighted by atomic mass is 9.93. The molecule has 1 saturated heterocycles. The average molecular weight is 321 g/mol. The zero-order chi connectivity index (χ0) is 15.5. The number of aromatic nitrogens is 2. The molecule has 0 spiro atoms. The fourth-order valence-corrected chi connectivity index (χ4v) is 4.07. The van der Waals surface area contributed by atoms with Crippen molar-refractivity contribution >= 4 is 17.7 Å². The molecule has 1 aromatic rings. The Morgan fingerprint density at radius 1 is 1.36 bits per heavy atom. The third-order valence-corrected chi connectivity index (χ3v) is 5.58. The van der Waals surface area contributed by atoms with E-state index >= 15 is 0 Å². The summed E-state index contributed by atoms with van der Waals surface area (Å²) in [6.07, 6.45) is 4.48. The first-order valence-corrected chi connectivity index (χ1v) is 9.20. The molecule has 5 nitrogen and oxygen atoms in total. The van der Waals surface area contributed by atoms with Crippen molar-refractivity contribution in [2.24, 2.45) is 5.92 Å². The highest BCUT2D eigenvalue weighted by atomic mass is 32.2. The largest absolute Gasteiger partial charge is 0.342 e. The van der Waals surface area contributed by atoms with Crippen LogP contribution in [0.2, 0.25) is 0 Å². The van der Waals surface area contributed by atoms with Gasteiger partial charge in [0.1, 0.15) is 5.82 Å². The van der Waals surface area contributed by atoms with Crippen LogP contribution in [0.15, 0.2) is 10.9 Å². The minimum absolute atomic E-state index is 0.0857. The number of H-pyrrole nitrogens is 1. The van der Waals surface area contributed by atoms with Gasteiger partial charge in [-0.15, -0.1) is 0 Å². The van der Waals surface area contributed by atoms with E-state index in [-0.39, 0.29) is 11.5 Å². The molecule has 22 heavy (non-hydrogen) atoms. The van der Waals surface area contributed by atoms with Gasteiger partial charge in [-0.3, -0.25) is 9.59 Å². The van der Waals surface area contributed by atoms with Crippen LogP contribution in [-0.4, -0.2) is 45.4 Å². The lowest BCUT2D eigenvalue weighted by molar-refractivity contribution is -0.129. The first kappa shape index (κ1) is 15.6. The highest BCUT2D eigenvalue weighted by Crippen LogP contribution is 2.32. The smallest absolute Gasteiger partial charge is 0.251 e. The highest BCUT2D eigenvalue weighted by molar-refractivity contribution is 7.99. The second kappa shape index (κ2) is 6.86. The number of rotatable bonds is 5. The molecule has 120 valence electrons. The topological polar surface area (TPSA) is 66.1 Å². The lowest BCUT2D eigenvalue weighted by Gasteiger charge is -2.31. The average Bonchev–Trinajstić information content (AvgIpc) is 3.30. The summed E-state index contributed by atoms with van der Waals surface area (Å²) < 4.78 is 0. The molecule has 2 heterocycles. The molecule has 1 aromatic heterocycles. The summed E-state index contributed by atoms with van der Waals surface area (Å²) in [5.41, 5.74) is 0.786. The number of hydrogen-bond donors (Lipinski definition) is 1. The molecule has 1 aliphatic carbocycles. The molecule has 0 aromatic carbocycles. The van der Waals surface area contributed by atoms with Crippen LogP contribution >= 0.6 is 11.8 Å². The summed E-state index contributed by atoms with van der Waals surface area (Å²) in [6, 6.07) is 1.60. The first-order valence-electron chi connectivity index (χ1n) is 8.05. The van der Waals surface area contributed by atoms with E-state index in [1.165, 1.54) is 12.8 Å². The number of aryl methyl sites for hydroxylation is 1. The number of hydrogen-bond acceptors (Lipinski definition) is 4. The van der Waals surface area contributed by atoms with Gasteiger partial charge in [0.25, 0.3) is 5.56 Å². The Kier molecular flexibility index (Phi) is 4.86. The Labute approximate surface area is 134 Å². The zero-order valence-corrected chi connectivity index (χ0v) is 13.8. The van der Waals surface area contributed by atoms with E-state index in [1.54, 1.807) is 24.8 Å². The Morgan fingerprint density at radius 2 is 2.09 bits per heavy atom. The number of aromatic amines is 1. The molecule has 6 heteroatoms. The molecule has 2 fully saturated rings. The molecule has 1 amide bonds. The first-order chi connectivity index (χ1) is 10.6. The number of carbonyl (C=O) groups excluding carboxylic acids is 1. The standard InChI is InChI=1S/C16H23N3O2S/c1-11-17-14(8-15(20)18-11)13-4-6-19(7-5-13)16(21)10-22-9-12-2-3-12/h8,12-13H,2-7,9-10H2,1H3,(H,17,18,20). The van der Waals surface area contributed by atoms with Gasteiger partial charge >= 0.3 is 0 Å². The molecule has 3 rings (SSSR count). The van der Waals surface area contributed by atoms with Crippen LogP contribution in [-0.2, 0) is 4.79 Å². The number of nitrogens with one attached hydrogen (secondary N) is 1. The van der Waals surface area contributed by atoms with Gasteiger partial charge in [0.05, 0.1) is 11.4 Å². The van der Waals surface area contributed by atoms with E-state index in [1.807, 2.05) is 4.90 Å². The molecule has 2 aliphatic rings. The van der Waals surface area contributed by atoms with Crippen LogP contribution in [0.3, 0.4) is 0 Å². The zero-order valence-electron chi connectivity index (χ0n) is 13.0. The van der Waals surface area contributed by atoms with Gasteiger partial charge in [0.15, 0.2) is 0 Å². The Bertz CT molecular complexity index is 589. The van der Waals surface area contributed by atoms with Gasteiger partial charge in [-0.1, -0.05) is 0 Å². The molecule has 0 unspecified atom stereocenters. The second-order valence-electron chi connectivity index (χ2n) is 6.37. The van der Waals surface area contributed by atoms with E-state index in [9.17, 15) is 9.59 Å². The van der Waals surface area contributed by atoms with E-state index < -0.39 is 0 Å². The van der Waals surface area contributed by atoms with Crippen molar-refractivity contribution in [1.29, 1.82) is 0 Å². The molecule has 0 atom stereocenters. The van der Waals surface area contributed by atoms with Gasteiger partial charge in [-0.05, 0) is 44.3 Å². The summed E-state index contributed by atoms with van der Waals surface area (Å²) in [7, 11) is 0. The molecule has 0 radical (unpaired) electrons. The SMILES string of the molecule is Cc1nc(C2CCN(C(=O)CSCC3CC3)CC2)cc(=O)[nH]1. The summed E-state index contributed by atoms with van der Waals surface area (Å²) >= 11 is 1.78. The number of amides is 1. The number of thioether (sulfide) groups is 1. The van der Waals surface area contributed by atoms with Crippen LogP contribution in [0.4, 0.5) is 0 Å². The summed E-state index contributed by atoms with van der Waals surface area (Å²) in [5.74, 6) is 3.84. The van der Waals surface area contributed by atoms with E-state index in [0.717, 1.165) is 43.3 Å². The third kappa shape index (κ3) is 4.12. The number of carbonyl (C=O) groups is 1. The van der Waals surface area contributed by atoms with Crippen molar-refractivity contribution in [3.63, 3.8) is 0 Å². The van der Waals surface area contributed by atoms with Gasteiger partial charge in [-0.2, -0.15) is 11.8 Å². The van der Waals surface area contributed by atoms with Crippen LogP contribution in [0.25, 0.3) is 0 Å². The van der Waals surface area contributed by atoms with Gasteiger partial charge in [0, 0.05) is 25.1 Å². The van der Waals surface area contributed by atoms with Crippen molar-refractivity contribution in [1.82, 2.24) is 14.9 Å². The van der Waals surface area contributed by atoms with Crippen molar-refractivity contribution in [3.8, 4) is 0 Å². The van der Waals surface area contributed by atoms with E-state index in [0.29, 0.717) is 17.5 Å². The number of piperidine rings is 1. The van der Waals surface area contributed by atoms with E-state index in [2.05, 4.69) is 9.97 Å². The second-order valence-corrected chi connectivity index (χ2v) is 7.40. The number of nitrogens with zero attached hydrogens (tertiary/aromatic N) is 2. The quantitative estimate of drug-likeness (QED) is 0.900. The third-order valence-electron chi connectivity index (χ3n) is 4.42. The molecular formula is C16H23N3O2S. The van der Waals surface area contributed by atoms with E-state index in [4.69, 9.17) is 0 Å². The fourth-order valence-electron chi connectivity index (χ4n) is 2.93. The van der Waals surface area contributed by atoms with Crippen LogP contribution in [0, 0.1) is 12.8 Å². The van der Waals surface area contributed by atoms with Crippen molar-refractivity contribution in [3.05, 3.63) is 27.9 Å². The summed E-state index contributed by atoms with van der Waals surface area (Å²) in [4.78, 5) is 32.8. The van der Waals surface area contributed by atoms with Gasteiger partial charge < -0.3 is 9.88 Å². The summed E-state index contributed by atoms with van der Waals surface area (Å²) in [6.45, 7) is 3.36. The maximum Gasteiger partial charge on any atom is 0.251 e. The lowest BCUT2D eigenvalue weighted by Crippen LogP contribution is -2.39. The molecule has 1 N–H and O–H groups in total. The van der Waals surface area contributed by atoms with Crippen molar-refractivity contribution in [2.75, 3.05) is 24.6 Å². The normalized spacial score (nSPS) is 19.4. The monoisotopic (exact) mass is 321 g/mol. The minimum atomic E-state index is -0.0857. The van der Waals surface area contributed by atoms with Crippen LogP contribution in [0.1, 0.15) is 43.1 Å². The Hall–Kier alpha value is -1.30. The summed E-state index contributed by atoms with van der Waals surface area (Å²) in [5, 5.41) is 0.